The maximum atomic E-state index is 12.2. The molecule has 3 nitrogen and oxygen atoms in total. The molecule has 0 aliphatic carbocycles. The maximum Gasteiger partial charge on any atom is 0.260 e. The molecule has 5 heteroatoms. The van der Waals surface area contributed by atoms with Gasteiger partial charge in [0.15, 0.2) is 6.10 Å². The molecule has 0 bridgehead atoms. The third-order valence-corrected chi connectivity index (χ3v) is 5.19. The monoisotopic (exact) mass is 377 g/mol. The van der Waals surface area contributed by atoms with Crippen LogP contribution in [-0.4, -0.2) is 24.3 Å². The van der Waals surface area contributed by atoms with Crippen molar-refractivity contribution in [1.82, 2.24) is 5.32 Å². The lowest BCUT2D eigenvalue weighted by molar-refractivity contribution is -0.127. The second-order valence-electron chi connectivity index (χ2n) is 6.06. The first kappa shape index (κ1) is 19.7. The van der Waals surface area contributed by atoms with Crippen LogP contribution >= 0.6 is 23.4 Å². The van der Waals surface area contributed by atoms with Gasteiger partial charge >= 0.3 is 0 Å². The molecule has 134 valence electrons. The lowest BCUT2D eigenvalue weighted by Crippen LogP contribution is -2.37. The average Bonchev–Trinajstić information content (AvgIpc) is 2.57. The van der Waals surface area contributed by atoms with Gasteiger partial charge in [0.1, 0.15) is 5.75 Å². The van der Waals surface area contributed by atoms with E-state index in [9.17, 15) is 4.79 Å². The number of aryl methyl sites for hydroxylation is 2. The van der Waals surface area contributed by atoms with E-state index in [1.165, 1.54) is 5.56 Å². The number of ether oxygens (including phenoxy) is 1. The molecule has 0 fully saturated rings. The highest BCUT2D eigenvalue weighted by molar-refractivity contribution is 7.99. The van der Waals surface area contributed by atoms with Crippen LogP contribution in [0.4, 0.5) is 0 Å². The summed E-state index contributed by atoms with van der Waals surface area (Å²) in [5.74, 6) is 1.47. The summed E-state index contributed by atoms with van der Waals surface area (Å²) >= 11 is 7.55. The van der Waals surface area contributed by atoms with E-state index >= 15 is 0 Å². The van der Waals surface area contributed by atoms with Crippen LogP contribution in [0.5, 0.6) is 5.75 Å². The Bertz CT molecular complexity index is 731. The van der Waals surface area contributed by atoms with Crippen molar-refractivity contribution in [2.24, 2.45) is 0 Å². The zero-order chi connectivity index (χ0) is 18.4. The van der Waals surface area contributed by atoms with E-state index in [4.69, 9.17) is 16.3 Å². The van der Waals surface area contributed by atoms with E-state index < -0.39 is 6.10 Å². The summed E-state index contributed by atoms with van der Waals surface area (Å²) in [6, 6.07) is 11.8. The highest BCUT2D eigenvalue weighted by Gasteiger charge is 2.16. The fourth-order valence-corrected chi connectivity index (χ4v) is 3.28. The molecule has 0 aliphatic heterocycles. The first-order valence-electron chi connectivity index (χ1n) is 8.27. The van der Waals surface area contributed by atoms with Crippen molar-refractivity contribution in [2.45, 2.75) is 38.7 Å². The quantitative estimate of drug-likeness (QED) is 0.548. The largest absolute Gasteiger partial charge is 0.481 e. The molecule has 0 aliphatic rings. The normalized spacial score (nSPS) is 11.9. The number of hydrogen-bond donors (Lipinski definition) is 1. The van der Waals surface area contributed by atoms with Crippen molar-refractivity contribution >= 4 is 29.3 Å². The minimum Gasteiger partial charge on any atom is -0.481 e. The molecular weight excluding hydrogens is 354 g/mol. The second-order valence-corrected chi connectivity index (χ2v) is 7.66. The molecular formula is C20H24ClNO2S. The van der Waals surface area contributed by atoms with Gasteiger partial charge in [0.2, 0.25) is 0 Å². The third-order valence-electron chi connectivity index (χ3n) is 3.92. The molecule has 1 atom stereocenters. The highest BCUT2D eigenvalue weighted by atomic mass is 35.5. The second kappa shape index (κ2) is 9.16. The van der Waals surface area contributed by atoms with Gasteiger partial charge < -0.3 is 10.1 Å². The van der Waals surface area contributed by atoms with Crippen molar-refractivity contribution in [1.29, 1.82) is 0 Å². The Kier molecular flexibility index (Phi) is 7.21. The van der Waals surface area contributed by atoms with Crippen LogP contribution in [0.2, 0.25) is 5.02 Å². The maximum absolute atomic E-state index is 12.2. The number of halogens is 1. The van der Waals surface area contributed by atoms with Crippen LogP contribution in [0.25, 0.3) is 0 Å². The summed E-state index contributed by atoms with van der Waals surface area (Å²) in [5.41, 5.74) is 3.37. The number of carbonyl (C=O) groups excluding carboxylic acids is 1. The SMILES string of the molecule is Cc1cc(C)c(C)c(OC(C)C(=O)NCCSc2ccc(Cl)cc2)c1. The average molecular weight is 378 g/mol. The standard InChI is InChI=1S/C20H24ClNO2S/c1-13-11-14(2)15(3)19(12-13)24-16(4)20(23)22-9-10-25-18-7-5-17(21)6-8-18/h5-8,11-12,16H,9-10H2,1-4H3,(H,22,23). The van der Waals surface area contributed by atoms with Crippen LogP contribution in [-0.2, 0) is 4.79 Å². The Morgan fingerprint density at radius 3 is 2.56 bits per heavy atom. The van der Waals surface area contributed by atoms with Gasteiger partial charge in [0.25, 0.3) is 5.91 Å². The third kappa shape index (κ3) is 5.98. The number of rotatable bonds is 7. The van der Waals surface area contributed by atoms with Gasteiger partial charge in [-0.05, 0) is 74.7 Å². The molecule has 0 radical (unpaired) electrons. The summed E-state index contributed by atoms with van der Waals surface area (Å²) < 4.78 is 5.86. The lowest BCUT2D eigenvalue weighted by atomic mass is 10.1. The van der Waals surface area contributed by atoms with Crippen LogP contribution in [0.3, 0.4) is 0 Å². The Hall–Kier alpha value is -1.65. The summed E-state index contributed by atoms with van der Waals surface area (Å²) in [6.45, 7) is 8.45. The van der Waals surface area contributed by atoms with E-state index in [0.29, 0.717) is 6.54 Å². The molecule has 0 saturated heterocycles. The minimum absolute atomic E-state index is 0.102. The first-order valence-corrected chi connectivity index (χ1v) is 9.63. The summed E-state index contributed by atoms with van der Waals surface area (Å²) in [7, 11) is 0. The van der Waals surface area contributed by atoms with Gasteiger partial charge in [-0.3, -0.25) is 4.79 Å². The van der Waals surface area contributed by atoms with Crippen molar-refractivity contribution in [2.75, 3.05) is 12.3 Å². The predicted molar refractivity (Wildman–Crippen MR) is 106 cm³/mol. The fraction of sp³-hybridized carbons (Fsp3) is 0.350. The van der Waals surface area contributed by atoms with E-state index in [-0.39, 0.29) is 5.91 Å². The molecule has 0 saturated carbocycles. The Balaban J connectivity index is 1.79. The van der Waals surface area contributed by atoms with Crippen molar-refractivity contribution < 1.29 is 9.53 Å². The molecule has 0 aromatic heterocycles. The van der Waals surface area contributed by atoms with Gasteiger partial charge in [0.05, 0.1) is 0 Å². The summed E-state index contributed by atoms with van der Waals surface area (Å²) in [6.07, 6.45) is -0.527. The van der Waals surface area contributed by atoms with Crippen molar-refractivity contribution in [3.05, 3.63) is 58.1 Å². The van der Waals surface area contributed by atoms with Gasteiger partial charge in [-0.25, -0.2) is 0 Å². The van der Waals surface area contributed by atoms with Crippen LogP contribution in [0, 0.1) is 20.8 Å². The number of carbonyl (C=O) groups is 1. The predicted octanol–water partition coefficient (Wildman–Crippen LogP) is 4.94. The van der Waals surface area contributed by atoms with Gasteiger partial charge in [0, 0.05) is 22.2 Å². The Morgan fingerprint density at radius 2 is 1.88 bits per heavy atom. The molecule has 2 aromatic rings. The van der Waals surface area contributed by atoms with Gasteiger partial charge in [-0.2, -0.15) is 0 Å². The summed E-state index contributed by atoms with van der Waals surface area (Å²) in [4.78, 5) is 13.4. The number of hydrogen-bond acceptors (Lipinski definition) is 3. The number of nitrogens with one attached hydrogen (secondary N) is 1. The number of thioether (sulfide) groups is 1. The molecule has 2 rings (SSSR count). The Labute approximate surface area is 159 Å². The topological polar surface area (TPSA) is 38.3 Å². The first-order chi connectivity index (χ1) is 11.9. The van der Waals surface area contributed by atoms with Crippen LogP contribution < -0.4 is 10.1 Å². The van der Waals surface area contributed by atoms with Gasteiger partial charge in [-0.15, -0.1) is 11.8 Å². The van der Waals surface area contributed by atoms with Crippen LogP contribution in [0.15, 0.2) is 41.3 Å². The lowest BCUT2D eigenvalue weighted by Gasteiger charge is -2.18. The van der Waals surface area contributed by atoms with Gasteiger partial charge in [-0.1, -0.05) is 17.7 Å². The Morgan fingerprint density at radius 1 is 1.20 bits per heavy atom. The van der Waals surface area contributed by atoms with E-state index in [0.717, 1.165) is 32.5 Å². The highest BCUT2D eigenvalue weighted by Crippen LogP contribution is 2.24. The van der Waals surface area contributed by atoms with Crippen molar-refractivity contribution in [3.8, 4) is 5.75 Å². The molecule has 1 unspecified atom stereocenters. The minimum atomic E-state index is -0.527. The van der Waals surface area contributed by atoms with E-state index in [2.05, 4.69) is 11.4 Å². The number of amides is 1. The smallest absolute Gasteiger partial charge is 0.260 e. The van der Waals surface area contributed by atoms with Crippen molar-refractivity contribution in [3.63, 3.8) is 0 Å². The van der Waals surface area contributed by atoms with Crippen LogP contribution in [0.1, 0.15) is 23.6 Å². The molecule has 0 heterocycles. The fourth-order valence-electron chi connectivity index (χ4n) is 2.38. The zero-order valence-electron chi connectivity index (χ0n) is 15.1. The molecule has 0 spiro atoms. The summed E-state index contributed by atoms with van der Waals surface area (Å²) in [5, 5.41) is 3.65. The molecule has 2 aromatic carbocycles. The molecule has 1 amide bonds. The zero-order valence-corrected chi connectivity index (χ0v) is 16.6. The molecule has 25 heavy (non-hydrogen) atoms. The van der Waals surface area contributed by atoms with E-state index in [1.807, 2.05) is 51.1 Å². The number of benzene rings is 2. The molecule has 1 N–H and O–H groups in total. The van der Waals surface area contributed by atoms with E-state index in [1.54, 1.807) is 18.7 Å².